The average Bonchev–Trinajstić information content (AvgIpc) is 3.02. The van der Waals surface area contributed by atoms with Crippen LogP contribution in [0.15, 0.2) is 16.7 Å². The van der Waals surface area contributed by atoms with Crippen molar-refractivity contribution in [1.29, 1.82) is 0 Å². The van der Waals surface area contributed by atoms with Gasteiger partial charge < -0.3 is 5.73 Å². The zero-order chi connectivity index (χ0) is 14.1. The summed E-state index contributed by atoms with van der Waals surface area (Å²) < 4.78 is 3.04. The lowest BCUT2D eigenvalue weighted by molar-refractivity contribution is 0.560. The second-order valence-corrected chi connectivity index (χ2v) is 8.11. The molecule has 1 atom stereocenters. The summed E-state index contributed by atoms with van der Waals surface area (Å²) in [7, 11) is 0. The van der Waals surface area contributed by atoms with Gasteiger partial charge in [0.15, 0.2) is 0 Å². The summed E-state index contributed by atoms with van der Waals surface area (Å²) in [6, 6.07) is 2.21. The molecule has 0 radical (unpaired) electrons. The lowest BCUT2D eigenvalue weighted by atomic mass is 10.1. The molecule has 3 nitrogen and oxygen atoms in total. The number of aromatic nitrogens is 2. The first-order valence-electron chi connectivity index (χ1n) is 6.86. The van der Waals surface area contributed by atoms with Crippen molar-refractivity contribution >= 4 is 39.0 Å². The number of nitrogens with zero attached hydrogens (tertiary/aromatic N) is 2. The molecular weight excluding hydrogens is 354 g/mol. The van der Waals surface area contributed by atoms with E-state index in [1.807, 2.05) is 34.0 Å². The highest BCUT2D eigenvalue weighted by Gasteiger charge is 2.22. The Balaban J connectivity index is 1.94. The van der Waals surface area contributed by atoms with Gasteiger partial charge in [0.2, 0.25) is 0 Å². The van der Waals surface area contributed by atoms with Gasteiger partial charge in [0.25, 0.3) is 0 Å². The molecule has 2 N–H and O–H groups in total. The number of fused-ring (bicyclic) bond motifs is 1. The van der Waals surface area contributed by atoms with Crippen LogP contribution in [0.3, 0.4) is 0 Å². The van der Waals surface area contributed by atoms with Crippen LogP contribution >= 0.6 is 39.0 Å². The van der Waals surface area contributed by atoms with Crippen LogP contribution in [0.1, 0.15) is 40.4 Å². The molecule has 2 aromatic rings. The second kappa shape index (κ2) is 6.22. The number of thiophene rings is 1. The van der Waals surface area contributed by atoms with Crippen LogP contribution in [0, 0.1) is 0 Å². The van der Waals surface area contributed by atoms with Crippen LogP contribution in [-0.2, 0) is 18.7 Å². The van der Waals surface area contributed by atoms with Crippen LogP contribution < -0.4 is 5.73 Å². The van der Waals surface area contributed by atoms with E-state index in [9.17, 15) is 0 Å². The van der Waals surface area contributed by atoms with E-state index >= 15 is 0 Å². The molecule has 0 aromatic carbocycles. The van der Waals surface area contributed by atoms with Gasteiger partial charge in [-0.1, -0.05) is 6.92 Å². The van der Waals surface area contributed by atoms with E-state index in [2.05, 4.69) is 34.0 Å². The fourth-order valence-corrected chi connectivity index (χ4v) is 5.45. The summed E-state index contributed by atoms with van der Waals surface area (Å²) in [4.78, 5) is 2.78. The zero-order valence-electron chi connectivity index (χ0n) is 11.4. The van der Waals surface area contributed by atoms with Gasteiger partial charge in [-0.25, -0.2) is 0 Å². The van der Waals surface area contributed by atoms with Crippen molar-refractivity contribution in [3.63, 3.8) is 0 Å². The average molecular weight is 372 g/mol. The molecule has 0 bridgehead atoms. The van der Waals surface area contributed by atoms with Gasteiger partial charge >= 0.3 is 0 Å². The van der Waals surface area contributed by atoms with Gasteiger partial charge in [-0.15, -0.1) is 11.3 Å². The number of nitrogens with two attached hydrogens (primary N) is 1. The first kappa shape index (κ1) is 14.6. The summed E-state index contributed by atoms with van der Waals surface area (Å²) in [6.07, 6.45) is 4.10. The van der Waals surface area contributed by atoms with E-state index in [-0.39, 0.29) is 6.04 Å². The van der Waals surface area contributed by atoms with E-state index < -0.39 is 0 Å². The molecule has 3 heterocycles. The van der Waals surface area contributed by atoms with E-state index in [1.165, 1.54) is 27.5 Å². The van der Waals surface area contributed by atoms with Crippen LogP contribution in [0.4, 0.5) is 0 Å². The molecule has 20 heavy (non-hydrogen) atoms. The summed E-state index contributed by atoms with van der Waals surface area (Å²) in [6.45, 7) is 3.07. The van der Waals surface area contributed by atoms with Gasteiger partial charge in [0.05, 0.1) is 22.4 Å². The van der Waals surface area contributed by atoms with Crippen molar-refractivity contribution < 1.29 is 0 Å². The Bertz CT molecular complexity index is 582. The number of hydrogen-bond acceptors (Lipinski definition) is 4. The molecular formula is C14H18BrN3S2. The van der Waals surface area contributed by atoms with Gasteiger partial charge in [0, 0.05) is 22.1 Å². The minimum atomic E-state index is -0.0842. The Labute approximate surface area is 136 Å². The third-order valence-corrected chi connectivity index (χ3v) is 6.46. The fourth-order valence-electron chi connectivity index (χ4n) is 2.53. The Hall–Kier alpha value is -0.300. The van der Waals surface area contributed by atoms with Gasteiger partial charge in [-0.2, -0.15) is 16.9 Å². The van der Waals surface area contributed by atoms with Crippen molar-refractivity contribution in [3.05, 3.63) is 37.7 Å². The smallest absolute Gasteiger partial charge is 0.0828 e. The molecule has 0 saturated heterocycles. The molecule has 0 aliphatic carbocycles. The molecule has 3 rings (SSSR count). The Morgan fingerprint density at radius 2 is 2.40 bits per heavy atom. The molecule has 2 aromatic heterocycles. The largest absolute Gasteiger partial charge is 0.318 e. The van der Waals surface area contributed by atoms with Crippen LogP contribution in [-0.4, -0.2) is 15.5 Å². The summed E-state index contributed by atoms with van der Waals surface area (Å²) >= 11 is 7.48. The molecule has 0 fully saturated rings. The van der Waals surface area contributed by atoms with Crippen molar-refractivity contribution in [2.75, 3.05) is 5.75 Å². The maximum absolute atomic E-state index is 6.52. The van der Waals surface area contributed by atoms with Gasteiger partial charge in [0.1, 0.15) is 0 Å². The first-order valence-corrected chi connectivity index (χ1v) is 9.63. The lowest BCUT2D eigenvalue weighted by Gasteiger charge is -2.13. The van der Waals surface area contributed by atoms with E-state index in [1.54, 1.807) is 0 Å². The minimum Gasteiger partial charge on any atom is -0.318 e. The number of aryl methyl sites for hydroxylation is 2. The van der Waals surface area contributed by atoms with Crippen molar-refractivity contribution in [1.82, 2.24) is 9.78 Å². The second-order valence-electron chi connectivity index (χ2n) is 4.98. The molecule has 6 heteroatoms. The van der Waals surface area contributed by atoms with Gasteiger partial charge in [-0.05, 0) is 46.2 Å². The van der Waals surface area contributed by atoms with Crippen LogP contribution in [0.2, 0.25) is 0 Å². The molecule has 0 spiro atoms. The highest BCUT2D eigenvalue weighted by atomic mass is 79.9. The Morgan fingerprint density at radius 1 is 1.55 bits per heavy atom. The Kier molecular flexibility index (Phi) is 4.55. The summed E-state index contributed by atoms with van der Waals surface area (Å²) in [5.41, 5.74) is 9.09. The number of rotatable bonds is 4. The minimum absolute atomic E-state index is 0.0842. The maximum Gasteiger partial charge on any atom is 0.0828 e. The predicted octanol–water partition coefficient (Wildman–Crippen LogP) is 3.95. The fraction of sp³-hybridized carbons (Fsp3) is 0.500. The van der Waals surface area contributed by atoms with Crippen LogP contribution in [0.25, 0.3) is 0 Å². The number of halogens is 1. The van der Waals surface area contributed by atoms with E-state index in [0.717, 1.165) is 28.9 Å². The van der Waals surface area contributed by atoms with E-state index in [4.69, 9.17) is 5.73 Å². The lowest BCUT2D eigenvalue weighted by Crippen LogP contribution is -2.17. The molecule has 1 unspecified atom stereocenters. The standard InChI is InChI=1S/C14H18BrN3S2/c1-2-4-18-14(10(15)7-17-18)13(16)12-6-9-8-19-5-3-11(9)20-12/h6-7,13H,2-5,8,16H2,1H3. The third kappa shape index (κ3) is 2.71. The molecule has 0 amide bonds. The molecule has 1 aliphatic heterocycles. The molecule has 1 aliphatic rings. The number of thioether (sulfide) groups is 1. The van der Waals surface area contributed by atoms with Gasteiger partial charge in [-0.3, -0.25) is 4.68 Å². The normalized spacial score (nSPS) is 16.1. The summed E-state index contributed by atoms with van der Waals surface area (Å²) in [5, 5.41) is 4.42. The molecule has 108 valence electrons. The number of hydrogen-bond donors (Lipinski definition) is 1. The van der Waals surface area contributed by atoms with Crippen molar-refractivity contribution in [2.45, 2.75) is 38.1 Å². The topological polar surface area (TPSA) is 43.8 Å². The van der Waals surface area contributed by atoms with Crippen molar-refractivity contribution in [3.8, 4) is 0 Å². The highest BCUT2D eigenvalue weighted by molar-refractivity contribution is 9.10. The molecule has 0 saturated carbocycles. The third-order valence-electron chi connectivity index (χ3n) is 3.52. The summed E-state index contributed by atoms with van der Waals surface area (Å²) in [5.74, 6) is 2.37. The van der Waals surface area contributed by atoms with Crippen LogP contribution in [0.5, 0.6) is 0 Å². The van der Waals surface area contributed by atoms with E-state index in [0.29, 0.717) is 0 Å². The first-order chi connectivity index (χ1) is 9.70. The van der Waals surface area contributed by atoms with Crippen molar-refractivity contribution in [2.24, 2.45) is 5.73 Å². The quantitative estimate of drug-likeness (QED) is 0.884. The highest BCUT2D eigenvalue weighted by Crippen LogP contribution is 2.37. The monoisotopic (exact) mass is 371 g/mol. The zero-order valence-corrected chi connectivity index (χ0v) is 14.7. The SMILES string of the molecule is CCCn1ncc(Br)c1C(N)c1cc2c(s1)CCSC2. The Morgan fingerprint density at radius 3 is 3.15 bits per heavy atom. The predicted molar refractivity (Wildman–Crippen MR) is 90.4 cm³/mol. The maximum atomic E-state index is 6.52.